The highest BCUT2D eigenvalue weighted by atomic mass is 19.1. The second kappa shape index (κ2) is 22.8. The van der Waals surface area contributed by atoms with Gasteiger partial charge in [0.1, 0.15) is 24.7 Å². The number of hydrazine groups is 1. The van der Waals surface area contributed by atoms with E-state index in [0.717, 1.165) is 38.8 Å². The maximum atomic E-state index is 16.8. The molecule has 0 aliphatic carbocycles. The van der Waals surface area contributed by atoms with Crippen molar-refractivity contribution in [3.8, 4) is 11.8 Å². The van der Waals surface area contributed by atoms with E-state index in [9.17, 15) is 24.0 Å². The zero-order chi connectivity index (χ0) is 54.0. The topological polar surface area (TPSA) is 169 Å². The van der Waals surface area contributed by atoms with Crippen molar-refractivity contribution < 1.29 is 47.1 Å². The molecule has 74 heavy (non-hydrogen) atoms. The van der Waals surface area contributed by atoms with Gasteiger partial charge in [0.15, 0.2) is 11.4 Å². The van der Waals surface area contributed by atoms with Gasteiger partial charge >= 0.3 is 5.97 Å². The fourth-order valence-corrected chi connectivity index (χ4v) is 11.2. The fourth-order valence-electron chi connectivity index (χ4n) is 11.2. The molecule has 3 saturated heterocycles. The average molecular weight is 1030 g/mol. The van der Waals surface area contributed by atoms with Crippen LogP contribution in [-0.2, 0) is 38.2 Å². The van der Waals surface area contributed by atoms with Gasteiger partial charge in [-0.05, 0) is 104 Å². The summed E-state index contributed by atoms with van der Waals surface area (Å²) in [5.74, 6) is 2.18. The van der Waals surface area contributed by atoms with Gasteiger partial charge in [0, 0.05) is 88.5 Å². The van der Waals surface area contributed by atoms with E-state index < -0.39 is 76.4 Å². The Hall–Kier alpha value is -5.48. The molecule has 7 atom stereocenters. The van der Waals surface area contributed by atoms with Gasteiger partial charge < -0.3 is 34.2 Å². The number of carbonyl (C=O) groups is 5. The van der Waals surface area contributed by atoms with Gasteiger partial charge in [0.2, 0.25) is 11.6 Å². The van der Waals surface area contributed by atoms with Crippen molar-refractivity contribution in [2.24, 2.45) is 11.3 Å². The highest BCUT2D eigenvalue weighted by Crippen LogP contribution is 2.46. The molecule has 0 spiro atoms. The lowest BCUT2D eigenvalue weighted by Gasteiger charge is -2.43. The van der Waals surface area contributed by atoms with Crippen LogP contribution >= 0.6 is 0 Å². The summed E-state index contributed by atoms with van der Waals surface area (Å²) in [5.41, 5.74) is 5.93. The smallest absolute Gasteiger partial charge is 0.324 e. The van der Waals surface area contributed by atoms with E-state index in [1.54, 1.807) is 27.2 Å². The number of halogens is 1. The number of ether oxygens (including phenoxy) is 3. The van der Waals surface area contributed by atoms with Gasteiger partial charge in [-0.15, -0.1) is 0 Å². The zero-order valence-corrected chi connectivity index (χ0v) is 46.0. The summed E-state index contributed by atoms with van der Waals surface area (Å²) in [5, 5.41) is 4.40. The van der Waals surface area contributed by atoms with Crippen molar-refractivity contribution in [3.05, 3.63) is 53.3 Å². The summed E-state index contributed by atoms with van der Waals surface area (Å²) in [6.07, 6.45) is 2.11. The Balaban J connectivity index is 1.18. The third kappa shape index (κ3) is 11.8. The third-order valence-corrected chi connectivity index (χ3v) is 16.1. The van der Waals surface area contributed by atoms with Crippen molar-refractivity contribution in [3.63, 3.8) is 0 Å². The summed E-state index contributed by atoms with van der Waals surface area (Å²) in [6.45, 7) is 19.8. The number of anilines is 1. The maximum Gasteiger partial charge on any atom is 0.324 e. The van der Waals surface area contributed by atoms with E-state index in [-0.39, 0.29) is 63.6 Å². The number of hydrogen-bond acceptors (Lipinski definition) is 12. The van der Waals surface area contributed by atoms with E-state index in [1.807, 2.05) is 45.8 Å². The van der Waals surface area contributed by atoms with Crippen LogP contribution in [0.25, 0.3) is 0 Å². The number of cyclic esters (lactones) is 1. The molecule has 3 fully saturated rings. The van der Waals surface area contributed by atoms with Crippen LogP contribution in [0.15, 0.2) is 36.5 Å². The Kier molecular flexibility index (Phi) is 17.3. The molecular formula is C56H81FN9O8+. The first-order valence-electron chi connectivity index (χ1n) is 26.6. The molecule has 6 bridgehead atoms. The SMILES string of the molecule is CC[N+]1=C(c2cccnc2[C@H](C)OC)C2CC(C)(C)COC(=O)[C@@H]3CCCN(N3)C(=O)[C@@H](NC(=O)[C@H](C(C)C)N(C)C(=O)C3(F)CCN(C(=O)C#CC(C)(C)N(C)C)CC3)C[C@@H]3OCCN(c4ccc1c2c4)[C@@H]3C. The summed E-state index contributed by atoms with van der Waals surface area (Å²) in [6, 6.07) is 7.22. The lowest BCUT2D eigenvalue weighted by molar-refractivity contribution is -0.433. The number of likely N-dealkylation sites (N-methyl/N-ethyl adjacent to an activating group) is 1. The van der Waals surface area contributed by atoms with Crippen molar-refractivity contribution in [1.82, 2.24) is 35.4 Å². The van der Waals surface area contributed by atoms with Crippen molar-refractivity contribution in [2.75, 3.05) is 79.1 Å². The number of alkyl halides is 1. The molecule has 404 valence electrons. The monoisotopic (exact) mass is 1030 g/mol. The molecule has 1 unspecified atom stereocenters. The van der Waals surface area contributed by atoms with E-state index in [4.69, 9.17) is 19.2 Å². The minimum absolute atomic E-state index is 0.0179. The zero-order valence-electron chi connectivity index (χ0n) is 46.0. The van der Waals surface area contributed by atoms with Crippen LogP contribution in [0.4, 0.5) is 15.8 Å². The van der Waals surface area contributed by atoms with E-state index in [0.29, 0.717) is 39.0 Å². The minimum Gasteiger partial charge on any atom is -0.464 e. The molecule has 2 N–H and O–H groups in total. The third-order valence-electron chi connectivity index (χ3n) is 16.1. The van der Waals surface area contributed by atoms with E-state index in [1.165, 1.54) is 17.0 Å². The van der Waals surface area contributed by atoms with Crippen LogP contribution in [-0.4, -0.2) is 180 Å². The van der Waals surface area contributed by atoms with Gasteiger partial charge in [-0.1, -0.05) is 33.6 Å². The van der Waals surface area contributed by atoms with Gasteiger partial charge in [-0.3, -0.25) is 38.9 Å². The van der Waals surface area contributed by atoms with Crippen LogP contribution in [0.2, 0.25) is 0 Å². The van der Waals surface area contributed by atoms with Gasteiger partial charge in [0.05, 0.1) is 54.2 Å². The van der Waals surface area contributed by atoms with E-state index in [2.05, 4.69) is 84.0 Å². The molecule has 4 amide bonds. The number of likely N-dealkylation sites (tertiary alicyclic amines) is 1. The number of nitrogens with zero attached hydrogens (tertiary/aromatic N) is 7. The number of amides is 4. The minimum atomic E-state index is -2.34. The molecule has 6 heterocycles. The number of nitrogens with one attached hydrogen (secondary N) is 2. The number of aromatic nitrogens is 1. The highest BCUT2D eigenvalue weighted by Gasteiger charge is 2.49. The number of piperidine rings is 1. The maximum absolute atomic E-state index is 16.8. The van der Waals surface area contributed by atoms with Crippen molar-refractivity contribution >= 4 is 46.7 Å². The number of esters is 1. The second-order valence-electron chi connectivity index (χ2n) is 22.7. The van der Waals surface area contributed by atoms with Crippen LogP contribution < -0.4 is 15.6 Å². The molecule has 1 aromatic carbocycles. The Morgan fingerprint density at radius 2 is 1.80 bits per heavy atom. The molecule has 1 aromatic heterocycles. The summed E-state index contributed by atoms with van der Waals surface area (Å²) in [7, 11) is 6.84. The van der Waals surface area contributed by atoms with Crippen molar-refractivity contribution in [1.29, 1.82) is 0 Å². The molecule has 0 saturated carbocycles. The summed E-state index contributed by atoms with van der Waals surface area (Å²) >= 11 is 0. The van der Waals surface area contributed by atoms with Crippen LogP contribution in [0.5, 0.6) is 0 Å². The van der Waals surface area contributed by atoms with Crippen LogP contribution in [0, 0.1) is 23.2 Å². The first kappa shape index (κ1) is 56.3. The fraction of sp³-hybridized carbons (Fsp3) is 0.661. The predicted octanol–water partition coefficient (Wildman–Crippen LogP) is 5.13. The molecule has 0 radical (unpaired) electrons. The molecule has 5 aliphatic rings. The standard InChI is InChI=1S/C56H80FN9O8/c1-14-64-44-20-19-38-31-40(44)41(49(64)39-17-15-25-58-47(39)37(5)72-13)33-54(6,7)34-74-52(70)42-18-16-26-66(60-42)51(69)43(32-45-36(4)65(38)29-30-73-45)59-50(68)48(35(2)3)62(12)53(71)56(57)23-27-63(28-24-56)46(67)21-22-55(8,9)61(10)11/h15,17,19-20,25,31,35-37,41-43,45,48,60H,14,16,18,23-24,26-30,32-34H2,1-13H3/p+1/t36-,37+,41?,42+,43+,45+,48+/m1/s1. The Bertz CT molecular complexity index is 2530. The van der Waals surface area contributed by atoms with Crippen LogP contribution in [0.1, 0.15) is 130 Å². The average Bonchev–Trinajstić information content (AvgIpc) is 3.67. The highest BCUT2D eigenvalue weighted by molar-refractivity contribution is 6.06. The predicted molar refractivity (Wildman–Crippen MR) is 280 cm³/mol. The quantitative estimate of drug-likeness (QED) is 0.183. The first-order valence-corrected chi connectivity index (χ1v) is 26.6. The Labute approximate surface area is 437 Å². The number of hydrogen-bond donors (Lipinski definition) is 2. The van der Waals surface area contributed by atoms with Gasteiger partial charge in [0.25, 0.3) is 17.7 Å². The lowest BCUT2D eigenvalue weighted by Crippen LogP contribution is -2.64. The van der Waals surface area contributed by atoms with Crippen molar-refractivity contribution in [2.45, 2.75) is 154 Å². The number of fused-ring (bicyclic) bond motifs is 6. The summed E-state index contributed by atoms with van der Waals surface area (Å²) < 4.78 is 37.7. The number of morpholine rings is 1. The first-order chi connectivity index (χ1) is 34.9. The second-order valence-corrected chi connectivity index (χ2v) is 22.7. The Morgan fingerprint density at radius 3 is 2.46 bits per heavy atom. The number of rotatable bonds is 10. The molecule has 5 aliphatic heterocycles. The Morgan fingerprint density at radius 1 is 1.08 bits per heavy atom. The van der Waals surface area contributed by atoms with Gasteiger partial charge in [-0.25, -0.2) is 9.82 Å². The molecule has 17 nitrogen and oxygen atoms in total. The molecule has 7 rings (SSSR count). The summed E-state index contributed by atoms with van der Waals surface area (Å²) in [4.78, 5) is 82.6. The number of pyridine rings is 1. The lowest BCUT2D eigenvalue weighted by atomic mass is 9.77. The molecule has 2 aromatic rings. The molecular weight excluding hydrogens is 946 g/mol. The van der Waals surface area contributed by atoms with Crippen LogP contribution in [0.3, 0.4) is 0 Å². The number of methoxy groups -OCH3 is 1. The molecule has 18 heteroatoms. The number of carbonyl (C=O) groups excluding carboxylic acids is 5. The number of benzene rings is 1. The van der Waals surface area contributed by atoms with E-state index >= 15 is 4.39 Å². The largest absolute Gasteiger partial charge is 0.464 e. The van der Waals surface area contributed by atoms with Gasteiger partial charge in [-0.2, -0.15) is 4.58 Å². The normalized spacial score (nSPS) is 25.1.